The molecule has 5 rings (SSSR count). The molecule has 2 aromatic rings. The summed E-state index contributed by atoms with van der Waals surface area (Å²) in [5.74, 6) is 1.80. The van der Waals surface area contributed by atoms with Gasteiger partial charge in [0.1, 0.15) is 12.4 Å². The number of methoxy groups -OCH3 is 2. The molecule has 2 unspecified atom stereocenters. The third-order valence-corrected chi connectivity index (χ3v) is 7.67. The molecule has 0 N–H and O–H groups in total. The molecule has 0 bridgehead atoms. The van der Waals surface area contributed by atoms with E-state index in [0.29, 0.717) is 40.0 Å². The number of rotatable bonds is 8. The highest BCUT2D eigenvalue weighted by atomic mass is 35.5. The maximum absolute atomic E-state index is 12.7. The van der Waals surface area contributed by atoms with Gasteiger partial charge in [-0.1, -0.05) is 30.7 Å². The summed E-state index contributed by atoms with van der Waals surface area (Å²) < 4.78 is 34.8. The summed E-state index contributed by atoms with van der Waals surface area (Å²) in [6.07, 6.45) is 5.60. The lowest BCUT2D eigenvalue weighted by Crippen LogP contribution is -2.40. The fourth-order valence-electron chi connectivity index (χ4n) is 5.61. The number of allylic oxidation sites excluding steroid dienone is 1. The number of cyclic esters (lactones) is 1. The quantitative estimate of drug-likeness (QED) is 0.226. The Morgan fingerprint density at radius 1 is 1.23 bits per heavy atom. The van der Waals surface area contributed by atoms with E-state index in [9.17, 15) is 4.79 Å². The molecule has 3 heterocycles. The van der Waals surface area contributed by atoms with Crippen LogP contribution in [-0.2, 0) is 25.4 Å². The number of fused-ring (bicyclic) bond motifs is 2. The van der Waals surface area contributed by atoms with Gasteiger partial charge >= 0.3 is 5.97 Å². The number of hydrogen-bond donors (Lipinski definition) is 0. The van der Waals surface area contributed by atoms with Gasteiger partial charge in [-0.3, -0.25) is 4.90 Å². The van der Waals surface area contributed by atoms with E-state index >= 15 is 0 Å². The number of likely N-dealkylation sites (N-methyl/N-ethyl adjacent to an activating group) is 1. The van der Waals surface area contributed by atoms with Crippen LogP contribution < -0.4 is 14.2 Å². The second-order valence-corrected chi connectivity index (χ2v) is 9.99. The second kappa shape index (κ2) is 11.2. The van der Waals surface area contributed by atoms with Crippen molar-refractivity contribution in [3.8, 4) is 28.4 Å². The summed E-state index contributed by atoms with van der Waals surface area (Å²) in [4.78, 5) is 14.9. The van der Waals surface area contributed by atoms with Crippen LogP contribution in [0.25, 0.3) is 11.1 Å². The third kappa shape index (κ3) is 4.83. The number of benzene rings is 2. The van der Waals surface area contributed by atoms with Gasteiger partial charge in [-0.25, -0.2) is 4.79 Å². The van der Waals surface area contributed by atoms with E-state index in [1.54, 1.807) is 20.3 Å². The maximum atomic E-state index is 12.7. The van der Waals surface area contributed by atoms with Crippen molar-refractivity contribution >= 4 is 17.6 Å². The smallest absolute Gasteiger partial charge is 0.334 e. The molecule has 3 aliphatic heterocycles. The van der Waals surface area contributed by atoms with Crippen LogP contribution in [0.3, 0.4) is 0 Å². The van der Waals surface area contributed by atoms with E-state index in [1.165, 1.54) is 12.5 Å². The average molecular weight is 554 g/mol. The monoisotopic (exact) mass is 553 g/mol. The second-order valence-electron chi connectivity index (χ2n) is 9.56. The van der Waals surface area contributed by atoms with E-state index in [4.69, 9.17) is 40.0 Å². The van der Waals surface area contributed by atoms with E-state index in [-0.39, 0.29) is 18.8 Å². The zero-order valence-electron chi connectivity index (χ0n) is 22.7. The molecule has 0 radical (unpaired) electrons. The topological polar surface area (TPSA) is 75.7 Å². The van der Waals surface area contributed by atoms with Crippen LogP contribution in [0.5, 0.6) is 17.2 Å². The number of carbonyl (C=O) groups excluding carboxylic acids is 1. The minimum absolute atomic E-state index is 0.0525. The molecular weight excluding hydrogens is 522 g/mol. The Hall–Kier alpha value is -3.62. The lowest BCUT2D eigenvalue weighted by molar-refractivity contribution is -0.142. The van der Waals surface area contributed by atoms with E-state index in [2.05, 4.69) is 4.90 Å². The largest absolute Gasteiger partial charge is 0.501 e. The number of esters is 1. The van der Waals surface area contributed by atoms with E-state index < -0.39 is 6.10 Å². The van der Waals surface area contributed by atoms with Crippen LogP contribution in [0, 0.1) is 0 Å². The molecule has 3 aliphatic rings. The first-order valence-electron chi connectivity index (χ1n) is 12.8. The molecular formula is C30H32ClNO7. The van der Waals surface area contributed by atoms with Crippen molar-refractivity contribution in [3.63, 3.8) is 0 Å². The van der Waals surface area contributed by atoms with Crippen LogP contribution >= 0.6 is 11.6 Å². The highest BCUT2D eigenvalue weighted by molar-refractivity contribution is 6.30. The van der Waals surface area contributed by atoms with Gasteiger partial charge < -0.3 is 28.4 Å². The van der Waals surface area contributed by atoms with Gasteiger partial charge in [0.05, 0.1) is 26.5 Å². The van der Waals surface area contributed by atoms with Crippen LogP contribution in [-0.4, -0.2) is 51.6 Å². The number of halogens is 1. The zero-order chi connectivity index (χ0) is 27.7. The lowest BCUT2D eigenvalue weighted by Gasteiger charge is -2.40. The third-order valence-electron chi connectivity index (χ3n) is 7.44. The highest BCUT2D eigenvalue weighted by Crippen LogP contribution is 2.57. The SMILES string of the molecule is CCC1=C(C)C(=O)OC1C1c2c(c(-c3cccc(Cl)c3)c3c(c2O/C=C/C(=C/OC)OC)OCO3)CCN1C. The van der Waals surface area contributed by atoms with Gasteiger partial charge in [-0.15, -0.1) is 0 Å². The molecule has 0 spiro atoms. The fraction of sp³-hybridized carbons (Fsp3) is 0.367. The van der Waals surface area contributed by atoms with Gasteiger partial charge in [0.15, 0.2) is 17.3 Å². The summed E-state index contributed by atoms with van der Waals surface area (Å²) >= 11 is 6.42. The molecule has 0 aromatic heterocycles. The van der Waals surface area contributed by atoms with Crippen molar-refractivity contribution in [3.05, 3.63) is 75.9 Å². The van der Waals surface area contributed by atoms with Gasteiger partial charge in [0.2, 0.25) is 12.5 Å². The number of carbonyl (C=O) groups is 1. The molecule has 0 saturated heterocycles. The van der Waals surface area contributed by atoms with Gasteiger partial charge in [-0.2, -0.15) is 0 Å². The molecule has 39 heavy (non-hydrogen) atoms. The van der Waals surface area contributed by atoms with Gasteiger partial charge in [0.25, 0.3) is 0 Å². The summed E-state index contributed by atoms with van der Waals surface area (Å²) in [5, 5.41) is 0.621. The molecule has 0 saturated carbocycles. The van der Waals surface area contributed by atoms with Crippen molar-refractivity contribution < 1.29 is 33.2 Å². The predicted molar refractivity (Wildman–Crippen MR) is 147 cm³/mol. The average Bonchev–Trinajstić information content (AvgIpc) is 3.51. The first kappa shape index (κ1) is 27.0. The number of nitrogens with zero attached hydrogens (tertiary/aromatic N) is 1. The Bertz CT molecular complexity index is 1380. The van der Waals surface area contributed by atoms with Crippen molar-refractivity contribution in [2.75, 3.05) is 34.6 Å². The molecule has 9 heteroatoms. The molecule has 2 aromatic carbocycles. The Balaban J connectivity index is 1.75. The Labute approximate surface area is 233 Å². The fourth-order valence-corrected chi connectivity index (χ4v) is 5.80. The molecule has 0 fully saturated rings. The Kier molecular flexibility index (Phi) is 7.77. The lowest BCUT2D eigenvalue weighted by atomic mass is 9.81. The Morgan fingerprint density at radius 2 is 2.03 bits per heavy atom. The van der Waals surface area contributed by atoms with Gasteiger partial charge in [-0.05, 0) is 55.6 Å². The standard InChI is InChI=1S/C30H32ClNO7/c1-6-21-17(2)30(33)39-26(21)25-24-22(10-12-32(25)3)23(18-8-7-9-19(31)14-18)27-29(38-16-37-27)28(24)36-13-11-20(35-5)15-34-4/h7-9,11,13-15,25-26H,6,10,12,16H2,1-5H3/b13-11+,20-15-. The minimum atomic E-state index is -0.464. The first-order valence-corrected chi connectivity index (χ1v) is 13.2. The van der Waals surface area contributed by atoms with Gasteiger partial charge in [0, 0.05) is 34.3 Å². The Morgan fingerprint density at radius 3 is 2.74 bits per heavy atom. The van der Waals surface area contributed by atoms with E-state index in [1.807, 2.05) is 45.2 Å². The molecule has 0 amide bonds. The maximum Gasteiger partial charge on any atom is 0.334 e. The van der Waals surface area contributed by atoms with Crippen molar-refractivity contribution in [2.24, 2.45) is 0 Å². The highest BCUT2D eigenvalue weighted by Gasteiger charge is 2.45. The van der Waals surface area contributed by atoms with Crippen molar-refractivity contribution in [1.82, 2.24) is 4.90 Å². The summed E-state index contributed by atoms with van der Waals surface area (Å²) in [5.41, 5.74) is 5.41. The summed E-state index contributed by atoms with van der Waals surface area (Å²) in [6.45, 7) is 4.67. The number of ether oxygens (including phenoxy) is 6. The summed E-state index contributed by atoms with van der Waals surface area (Å²) in [6, 6.07) is 7.38. The van der Waals surface area contributed by atoms with Crippen LogP contribution in [0.2, 0.25) is 5.02 Å². The van der Waals surface area contributed by atoms with E-state index in [0.717, 1.165) is 40.8 Å². The minimum Gasteiger partial charge on any atom is -0.501 e. The first-order chi connectivity index (χ1) is 18.9. The van der Waals surface area contributed by atoms with Crippen molar-refractivity contribution in [1.29, 1.82) is 0 Å². The normalized spacial score (nSPS) is 20.9. The molecule has 2 atom stereocenters. The summed E-state index contributed by atoms with van der Waals surface area (Å²) in [7, 11) is 5.13. The molecule has 8 nitrogen and oxygen atoms in total. The zero-order valence-corrected chi connectivity index (χ0v) is 23.5. The number of hydrogen-bond acceptors (Lipinski definition) is 8. The molecule has 206 valence electrons. The van der Waals surface area contributed by atoms with Crippen LogP contribution in [0.4, 0.5) is 0 Å². The van der Waals surface area contributed by atoms with Crippen LogP contribution in [0.1, 0.15) is 37.4 Å². The predicted octanol–water partition coefficient (Wildman–Crippen LogP) is 5.94. The van der Waals surface area contributed by atoms with Crippen molar-refractivity contribution in [2.45, 2.75) is 38.8 Å². The van der Waals surface area contributed by atoms with Crippen LogP contribution in [0.15, 0.2) is 59.8 Å². The molecule has 0 aliphatic carbocycles.